The maximum absolute atomic E-state index is 5.81. The van der Waals surface area contributed by atoms with Crippen molar-refractivity contribution in [1.29, 1.82) is 0 Å². The standard InChI is InChI=1S/C16H20N4S/c1-10-5-6-12(9-13(10)20(3)4)19-16-14(15(17)21)11(2)7-8-18-16/h5-9H,1-4H3,(H2,17,21)(H,18,19). The number of hydrogen-bond acceptors (Lipinski definition) is 4. The molecule has 0 spiro atoms. The summed E-state index contributed by atoms with van der Waals surface area (Å²) in [6.45, 7) is 4.06. The van der Waals surface area contributed by atoms with Gasteiger partial charge in [-0.25, -0.2) is 4.98 Å². The summed E-state index contributed by atoms with van der Waals surface area (Å²) >= 11 is 5.13. The number of thiocarbonyl (C=S) groups is 1. The van der Waals surface area contributed by atoms with Crippen LogP contribution < -0.4 is 16.0 Å². The molecule has 110 valence electrons. The van der Waals surface area contributed by atoms with Crippen molar-refractivity contribution < 1.29 is 0 Å². The molecule has 0 atom stereocenters. The number of nitrogens with one attached hydrogen (secondary N) is 1. The van der Waals surface area contributed by atoms with E-state index in [-0.39, 0.29) is 0 Å². The first-order chi connectivity index (χ1) is 9.90. The van der Waals surface area contributed by atoms with Crippen LogP contribution in [0.1, 0.15) is 16.7 Å². The molecule has 1 aromatic heterocycles. The van der Waals surface area contributed by atoms with Crippen LogP contribution in [-0.4, -0.2) is 24.1 Å². The Morgan fingerprint density at radius 2 is 1.90 bits per heavy atom. The highest BCUT2D eigenvalue weighted by atomic mass is 32.1. The maximum Gasteiger partial charge on any atom is 0.140 e. The largest absolute Gasteiger partial charge is 0.389 e. The van der Waals surface area contributed by atoms with Crippen molar-refractivity contribution >= 4 is 34.4 Å². The van der Waals surface area contributed by atoms with Crippen LogP contribution in [0.25, 0.3) is 0 Å². The van der Waals surface area contributed by atoms with Crippen molar-refractivity contribution in [3.8, 4) is 0 Å². The number of nitrogens with zero attached hydrogens (tertiary/aromatic N) is 2. The quantitative estimate of drug-likeness (QED) is 0.850. The van der Waals surface area contributed by atoms with E-state index < -0.39 is 0 Å². The predicted octanol–water partition coefficient (Wildman–Crippen LogP) is 3.14. The Morgan fingerprint density at radius 3 is 2.52 bits per heavy atom. The van der Waals surface area contributed by atoms with E-state index in [4.69, 9.17) is 18.0 Å². The van der Waals surface area contributed by atoms with Crippen LogP contribution in [0, 0.1) is 13.8 Å². The molecule has 0 aliphatic carbocycles. The minimum atomic E-state index is 0.350. The molecule has 0 radical (unpaired) electrons. The molecule has 0 aliphatic heterocycles. The Hall–Kier alpha value is -2.14. The van der Waals surface area contributed by atoms with Gasteiger partial charge in [0.15, 0.2) is 0 Å². The second-order valence-corrected chi connectivity index (χ2v) is 5.68. The topological polar surface area (TPSA) is 54.2 Å². The molecular weight excluding hydrogens is 280 g/mol. The summed E-state index contributed by atoms with van der Waals surface area (Å²) in [4.78, 5) is 6.79. The van der Waals surface area contributed by atoms with Crippen LogP contribution in [0.15, 0.2) is 30.5 Å². The summed E-state index contributed by atoms with van der Waals surface area (Å²) in [6.07, 6.45) is 1.75. The fourth-order valence-electron chi connectivity index (χ4n) is 2.27. The number of benzene rings is 1. The number of anilines is 3. The van der Waals surface area contributed by atoms with Gasteiger partial charge in [0, 0.05) is 31.7 Å². The summed E-state index contributed by atoms with van der Waals surface area (Å²) in [5.74, 6) is 0.691. The van der Waals surface area contributed by atoms with E-state index in [1.165, 1.54) is 5.56 Å². The van der Waals surface area contributed by atoms with Crippen molar-refractivity contribution in [2.45, 2.75) is 13.8 Å². The van der Waals surface area contributed by atoms with Gasteiger partial charge in [0.05, 0.1) is 5.56 Å². The van der Waals surface area contributed by atoms with Crippen molar-refractivity contribution in [2.24, 2.45) is 5.73 Å². The highest BCUT2D eigenvalue weighted by molar-refractivity contribution is 7.80. The molecule has 1 heterocycles. The molecule has 4 nitrogen and oxygen atoms in total. The summed E-state index contributed by atoms with van der Waals surface area (Å²) in [5, 5.41) is 3.31. The van der Waals surface area contributed by atoms with E-state index in [1.807, 2.05) is 33.2 Å². The highest BCUT2D eigenvalue weighted by Crippen LogP contribution is 2.26. The maximum atomic E-state index is 5.81. The lowest BCUT2D eigenvalue weighted by Crippen LogP contribution is -2.15. The highest BCUT2D eigenvalue weighted by Gasteiger charge is 2.11. The smallest absolute Gasteiger partial charge is 0.140 e. The van der Waals surface area contributed by atoms with Gasteiger partial charge < -0.3 is 16.0 Å². The number of nitrogens with two attached hydrogens (primary N) is 1. The van der Waals surface area contributed by atoms with Gasteiger partial charge in [-0.15, -0.1) is 0 Å². The van der Waals surface area contributed by atoms with Gasteiger partial charge in [-0.3, -0.25) is 0 Å². The minimum absolute atomic E-state index is 0.350. The average molecular weight is 300 g/mol. The molecule has 0 bridgehead atoms. The lowest BCUT2D eigenvalue weighted by Gasteiger charge is -2.18. The van der Waals surface area contributed by atoms with Crippen molar-refractivity contribution in [3.63, 3.8) is 0 Å². The SMILES string of the molecule is Cc1ccc(Nc2nccc(C)c2C(N)=S)cc1N(C)C. The van der Waals surface area contributed by atoms with Gasteiger partial charge in [0.25, 0.3) is 0 Å². The van der Waals surface area contributed by atoms with Gasteiger partial charge in [-0.05, 0) is 43.2 Å². The molecule has 2 rings (SSSR count). The van der Waals surface area contributed by atoms with Crippen LogP contribution >= 0.6 is 12.2 Å². The summed E-state index contributed by atoms with van der Waals surface area (Å²) in [5.41, 5.74) is 11.0. The van der Waals surface area contributed by atoms with Crippen molar-refractivity contribution in [2.75, 3.05) is 24.3 Å². The summed E-state index contributed by atoms with van der Waals surface area (Å²) < 4.78 is 0. The first kappa shape index (κ1) is 15.3. The number of hydrogen-bond donors (Lipinski definition) is 2. The third kappa shape index (κ3) is 3.31. The summed E-state index contributed by atoms with van der Waals surface area (Å²) in [6, 6.07) is 8.09. The number of aromatic nitrogens is 1. The summed E-state index contributed by atoms with van der Waals surface area (Å²) in [7, 11) is 4.05. The molecule has 21 heavy (non-hydrogen) atoms. The van der Waals surface area contributed by atoms with E-state index in [0.29, 0.717) is 10.8 Å². The first-order valence-corrected chi connectivity index (χ1v) is 7.11. The molecular formula is C16H20N4S. The Labute approximate surface area is 131 Å². The first-order valence-electron chi connectivity index (χ1n) is 6.70. The zero-order valence-electron chi connectivity index (χ0n) is 12.8. The van der Waals surface area contributed by atoms with E-state index in [2.05, 4.69) is 34.3 Å². The fraction of sp³-hybridized carbons (Fsp3) is 0.250. The predicted molar refractivity (Wildman–Crippen MR) is 93.7 cm³/mol. The molecule has 1 aromatic carbocycles. The second-order valence-electron chi connectivity index (χ2n) is 5.24. The van der Waals surface area contributed by atoms with Crippen LogP contribution in [0.2, 0.25) is 0 Å². The minimum Gasteiger partial charge on any atom is -0.389 e. The van der Waals surface area contributed by atoms with Crippen molar-refractivity contribution in [3.05, 3.63) is 47.2 Å². The average Bonchev–Trinajstić information content (AvgIpc) is 2.40. The van der Waals surface area contributed by atoms with Crippen LogP contribution in [0.5, 0.6) is 0 Å². The lowest BCUT2D eigenvalue weighted by atomic mass is 10.1. The molecule has 0 fully saturated rings. The van der Waals surface area contributed by atoms with Crippen LogP contribution in [-0.2, 0) is 0 Å². The number of rotatable bonds is 4. The lowest BCUT2D eigenvalue weighted by molar-refractivity contribution is 1.11. The molecule has 0 aliphatic rings. The Bertz CT molecular complexity index is 680. The molecule has 3 N–H and O–H groups in total. The molecule has 0 saturated heterocycles. The normalized spacial score (nSPS) is 10.3. The zero-order valence-corrected chi connectivity index (χ0v) is 13.6. The van der Waals surface area contributed by atoms with E-state index in [1.54, 1.807) is 6.20 Å². The Balaban J connectivity index is 2.42. The third-order valence-electron chi connectivity index (χ3n) is 3.36. The monoisotopic (exact) mass is 300 g/mol. The van der Waals surface area contributed by atoms with Gasteiger partial charge in [0.1, 0.15) is 10.8 Å². The van der Waals surface area contributed by atoms with E-state index >= 15 is 0 Å². The van der Waals surface area contributed by atoms with E-state index in [9.17, 15) is 0 Å². The van der Waals surface area contributed by atoms with Gasteiger partial charge in [-0.2, -0.15) is 0 Å². The van der Waals surface area contributed by atoms with E-state index in [0.717, 1.165) is 22.5 Å². The molecule has 0 unspecified atom stereocenters. The molecule has 2 aromatic rings. The van der Waals surface area contributed by atoms with Crippen molar-refractivity contribution in [1.82, 2.24) is 4.98 Å². The number of aryl methyl sites for hydroxylation is 2. The van der Waals surface area contributed by atoms with Gasteiger partial charge in [0.2, 0.25) is 0 Å². The molecule has 0 amide bonds. The Kier molecular flexibility index (Phi) is 4.43. The molecule has 0 saturated carbocycles. The Morgan fingerprint density at radius 1 is 1.19 bits per heavy atom. The second kappa shape index (κ2) is 6.10. The number of pyridine rings is 1. The third-order valence-corrected chi connectivity index (χ3v) is 3.56. The zero-order chi connectivity index (χ0) is 15.6. The van der Waals surface area contributed by atoms with Gasteiger partial charge >= 0.3 is 0 Å². The van der Waals surface area contributed by atoms with Crippen LogP contribution in [0.3, 0.4) is 0 Å². The molecule has 5 heteroatoms. The fourth-order valence-corrected chi connectivity index (χ4v) is 2.53. The van der Waals surface area contributed by atoms with Gasteiger partial charge in [-0.1, -0.05) is 18.3 Å². The van der Waals surface area contributed by atoms with Crippen LogP contribution in [0.4, 0.5) is 17.2 Å².